The normalized spacial score (nSPS) is 11.8. The van der Waals surface area contributed by atoms with Gasteiger partial charge in [-0.15, -0.1) is 0 Å². The fraction of sp³-hybridized carbons (Fsp3) is 0.250. The summed E-state index contributed by atoms with van der Waals surface area (Å²) < 4.78 is 11.8. The Labute approximate surface area is 133 Å². The molecule has 1 atom stereocenters. The molecule has 1 N–H and O–H groups in total. The summed E-state index contributed by atoms with van der Waals surface area (Å²) in [7, 11) is 3.30. The Balaban J connectivity index is 2.16. The fourth-order valence-corrected chi connectivity index (χ4v) is 2.36. The largest absolute Gasteiger partial charge is 0.493 e. The summed E-state index contributed by atoms with van der Waals surface area (Å²) in [5, 5.41) is 3.47. The Morgan fingerprint density at radius 2 is 1.60 bits per heavy atom. The van der Waals surface area contributed by atoms with Gasteiger partial charge in [0.1, 0.15) is 0 Å². The van der Waals surface area contributed by atoms with E-state index in [1.54, 1.807) is 14.2 Å². The molecular weight excluding hydrogens is 365 g/mol. The van der Waals surface area contributed by atoms with Crippen molar-refractivity contribution in [2.24, 2.45) is 0 Å². The van der Waals surface area contributed by atoms with Gasteiger partial charge in [0, 0.05) is 15.3 Å². The number of hydrogen-bond donors (Lipinski definition) is 1. The summed E-state index contributed by atoms with van der Waals surface area (Å²) in [6.07, 6.45) is 0. The molecule has 0 aliphatic carbocycles. The Morgan fingerprint density at radius 3 is 2.20 bits per heavy atom. The van der Waals surface area contributed by atoms with Gasteiger partial charge >= 0.3 is 0 Å². The van der Waals surface area contributed by atoms with Crippen LogP contribution in [0.3, 0.4) is 0 Å². The van der Waals surface area contributed by atoms with E-state index in [2.05, 4.69) is 59.1 Å². The summed E-state index contributed by atoms with van der Waals surface area (Å²) in [6, 6.07) is 14.5. The number of anilines is 1. The number of hydrogen-bond acceptors (Lipinski definition) is 3. The third-order valence-corrected chi connectivity index (χ3v) is 3.85. The number of rotatable bonds is 5. The molecule has 2 aromatic rings. The molecular formula is C16H18INO2. The van der Waals surface area contributed by atoms with E-state index < -0.39 is 0 Å². The van der Waals surface area contributed by atoms with Crippen LogP contribution in [0.25, 0.3) is 0 Å². The molecule has 0 spiro atoms. The van der Waals surface area contributed by atoms with E-state index >= 15 is 0 Å². The maximum atomic E-state index is 5.34. The quantitative estimate of drug-likeness (QED) is 0.773. The minimum absolute atomic E-state index is 0.190. The lowest BCUT2D eigenvalue weighted by molar-refractivity contribution is 0.354. The first-order chi connectivity index (χ1) is 9.63. The van der Waals surface area contributed by atoms with Crippen molar-refractivity contribution in [1.29, 1.82) is 0 Å². The van der Waals surface area contributed by atoms with Gasteiger partial charge in [0.05, 0.1) is 14.2 Å². The third kappa shape index (κ3) is 3.56. The molecule has 2 aromatic carbocycles. The van der Waals surface area contributed by atoms with Crippen molar-refractivity contribution in [3.8, 4) is 11.5 Å². The van der Waals surface area contributed by atoms with Gasteiger partial charge in [-0.05, 0) is 71.5 Å². The van der Waals surface area contributed by atoms with Crippen LogP contribution in [-0.2, 0) is 0 Å². The van der Waals surface area contributed by atoms with Gasteiger partial charge in [0.25, 0.3) is 0 Å². The summed E-state index contributed by atoms with van der Waals surface area (Å²) in [6.45, 7) is 2.12. The molecule has 0 saturated carbocycles. The Bertz CT molecular complexity index is 569. The van der Waals surface area contributed by atoms with Crippen LogP contribution in [0.15, 0.2) is 42.5 Å². The molecule has 20 heavy (non-hydrogen) atoms. The van der Waals surface area contributed by atoms with Crippen LogP contribution in [0.4, 0.5) is 5.69 Å². The van der Waals surface area contributed by atoms with Crippen molar-refractivity contribution < 1.29 is 9.47 Å². The second-order valence-electron chi connectivity index (χ2n) is 4.49. The summed E-state index contributed by atoms with van der Waals surface area (Å²) in [5.41, 5.74) is 2.26. The lowest BCUT2D eigenvalue weighted by atomic mass is 10.1. The lowest BCUT2D eigenvalue weighted by Gasteiger charge is -2.17. The van der Waals surface area contributed by atoms with Gasteiger partial charge in [0.15, 0.2) is 11.5 Å². The number of halogens is 1. The Hall–Kier alpha value is -1.43. The van der Waals surface area contributed by atoms with Crippen LogP contribution in [0.5, 0.6) is 11.5 Å². The van der Waals surface area contributed by atoms with E-state index in [1.807, 2.05) is 18.2 Å². The van der Waals surface area contributed by atoms with Gasteiger partial charge in [-0.2, -0.15) is 0 Å². The SMILES string of the molecule is COc1ccc(C(C)Nc2ccc(I)cc2)cc1OC. The standard InChI is InChI=1S/C16H18INO2/c1-11(18-14-7-5-13(17)6-8-14)12-4-9-15(19-2)16(10-12)20-3/h4-11,18H,1-3H3. The molecule has 0 aromatic heterocycles. The van der Waals surface area contributed by atoms with Crippen LogP contribution < -0.4 is 14.8 Å². The molecule has 2 rings (SSSR count). The van der Waals surface area contributed by atoms with Crippen LogP contribution in [-0.4, -0.2) is 14.2 Å². The maximum Gasteiger partial charge on any atom is 0.161 e. The zero-order valence-electron chi connectivity index (χ0n) is 11.8. The highest BCUT2D eigenvalue weighted by Gasteiger charge is 2.10. The molecule has 4 heteroatoms. The van der Waals surface area contributed by atoms with E-state index in [9.17, 15) is 0 Å². The number of benzene rings is 2. The van der Waals surface area contributed by atoms with Crippen molar-refractivity contribution in [3.05, 3.63) is 51.6 Å². The summed E-state index contributed by atoms with van der Waals surface area (Å²) in [5.74, 6) is 1.50. The molecule has 0 radical (unpaired) electrons. The van der Waals surface area contributed by atoms with Gasteiger partial charge in [-0.1, -0.05) is 6.07 Å². The van der Waals surface area contributed by atoms with Crippen molar-refractivity contribution in [2.45, 2.75) is 13.0 Å². The van der Waals surface area contributed by atoms with E-state index in [0.717, 1.165) is 22.7 Å². The average Bonchev–Trinajstić information content (AvgIpc) is 2.48. The topological polar surface area (TPSA) is 30.5 Å². The minimum Gasteiger partial charge on any atom is -0.493 e. The highest BCUT2D eigenvalue weighted by Crippen LogP contribution is 2.31. The molecule has 0 aliphatic rings. The second-order valence-corrected chi connectivity index (χ2v) is 5.73. The molecule has 0 aliphatic heterocycles. The highest BCUT2D eigenvalue weighted by atomic mass is 127. The zero-order chi connectivity index (χ0) is 14.5. The number of ether oxygens (including phenoxy) is 2. The lowest BCUT2D eigenvalue weighted by Crippen LogP contribution is -2.07. The van der Waals surface area contributed by atoms with Crippen LogP contribution >= 0.6 is 22.6 Å². The van der Waals surface area contributed by atoms with Gasteiger partial charge in [-0.3, -0.25) is 0 Å². The molecule has 3 nitrogen and oxygen atoms in total. The maximum absolute atomic E-state index is 5.34. The van der Waals surface area contributed by atoms with Crippen LogP contribution in [0.1, 0.15) is 18.5 Å². The molecule has 0 saturated heterocycles. The van der Waals surface area contributed by atoms with Gasteiger partial charge < -0.3 is 14.8 Å². The molecule has 0 amide bonds. The first-order valence-electron chi connectivity index (χ1n) is 6.38. The van der Waals surface area contributed by atoms with Crippen molar-refractivity contribution in [2.75, 3.05) is 19.5 Å². The van der Waals surface area contributed by atoms with E-state index in [4.69, 9.17) is 9.47 Å². The van der Waals surface area contributed by atoms with E-state index in [-0.39, 0.29) is 6.04 Å². The fourth-order valence-electron chi connectivity index (χ4n) is 2.00. The molecule has 0 heterocycles. The van der Waals surface area contributed by atoms with Gasteiger partial charge in [-0.25, -0.2) is 0 Å². The van der Waals surface area contributed by atoms with E-state index in [1.165, 1.54) is 3.57 Å². The average molecular weight is 383 g/mol. The predicted molar refractivity (Wildman–Crippen MR) is 90.7 cm³/mol. The summed E-state index contributed by atoms with van der Waals surface area (Å²) in [4.78, 5) is 0. The van der Waals surface area contributed by atoms with Gasteiger partial charge in [0.2, 0.25) is 0 Å². The molecule has 0 bridgehead atoms. The van der Waals surface area contributed by atoms with Crippen molar-refractivity contribution in [1.82, 2.24) is 0 Å². The highest BCUT2D eigenvalue weighted by molar-refractivity contribution is 14.1. The number of methoxy groups -OCH3 is 2. The van der Waals surface area contributed by atoms with Crippen molar-refractivity contribution >= 4 is 28.3 Å². The molecule has 1 unspecified atom stereocenters. The van der Waals surface area contributed by atoms with Crippen LogP contribution in [0, 0.1) is 3.57 Å². The molecule has 106 valence electrons. The number of nitrogens with one attached hydrogen (secondary N) is 1. The monoisotopic (exact) mass is 383 g/mol. The third-order valence-electron chi connectivity index (χ3n) is 3.13. The zero-order valence-corrected chi connectivity index (χ0v) is 14.0. The second kappa shape index (κ2) is 6.83. The van der Waals surface area contributed by atoms with E-state index in [0.29, 0.717) is 0 Å². The summed E-state index contributed by atoms with van der Waals surface area (Å²) >= 11 is 2.30. The first-order valence-corrected chi connectivity index (χ1v) is 7.46. The Kier molecular flexibility index (Phi) is 5.11. The molecule has 0 fully saturated rings. The van der Waals surface area contributed by atoms with Crippen LogP contribution in [0.2, 0.25) is 0 Å². The minimum atomic E-state index is 0.190. The van der Waals surface area contributed by atoms with Crippen molar-refractivity contribution in [3.63, 3.8) is 0 Å². The first kappa shape index (κ1) is 15.0. The smallest absolute Gasteiger partial charge is 0.161 e. The predicted octanol–water partition coefficient (Wildman–Crippen LogP) is 4.48. The Morgan fingerprint density at radius 1 is 0.950 bits per heavy atom.